The molecule has 2 aliphatic heterocycles. The fourth-order valence-corrected chi connectivity index (χ4v) is 4.62. The lowest BCUT2D eigenvalue weighted by Crippen LogP contribution is -2.49. The highest BCUT2D eigenvalue weighted by atomic mass is 19.1. The first kappa shape index (κ1) is 20.5. The Morgan fingerprint density at radius 1 is 1.12 bits per heavy atom. The molecule has 2 aromatic carbocycles. The molecule has 6 rings (SSSR count). The topological polar surface area (TPSA) is 79.8 Å². The quantitative estimate of drug-likeness (QED) is 0.461. The van der Waals surface area contributed by atoms with E-state index >= 15 is 0 Å². The Morgan fingerprint density at radius 2 is 1.97 bits per heavy atom. The Bertz CT molecular complexity index is 1450. The first-order valence-corrected chi connectivity index (χ1v) is 11.1. The molecule has 1 atom stereocenters. The molecule has 8 nitrogen and oxygen atoms in total. The van der Waals surface area contributed by atoms with Crippen LogP contribution in [-0.4, -0.2) is 49.6 Å². The Labute approximate surface area is 194 Å². The predicted octanol–water partition coefficient (Wildman–Crippen LogP) is 4.08. The van der Waals surface area contributed by atoms with Crippen molar-refractivity contribution in [1.82, 2.24) is 24.7 Å². The van der Waals surface area contributed by atoms with Crippen molar-refractivity contribution in [1.29, 1.82) is 0 Å². The summed E-state index contributed by atoms with van der Waals surface area (Å²) in [5.74, 6) is -0.00297. The number of imidazole rings is 1. The summed E-state index contributed by atoms with van der Waals surface area (Å²) in [7, 11) is 0. The molecule has 0 N–H and O–H groups in total. The van der Waals surface area contributed by atoms with Crippen LogP contribution >= 0.6 is 0 Å². The molecule has 170 valence electrons. The number of aromatic nitrogens is 3. The second kappa shape index (κ2) is 8.03. The van der Waals surface area contributed by atoms with Crippen molar-refractivity contribution >= 4 is 28.8 Å². The standard InChI is InChI=1S/C25H21FN6O2/c1-16-14-30(15-27-16)21-9-5-17(20-13-28-34-24(20)21)6-10-22-29-25(33)23(32-12-2-11-31(22)32)18-3-7-19(26)8-4-18/h3-10,13-15,23H,2,11-12H2,1H3. The molecule has 1 unspecified atom stereocenters. The number of aliphatic imine (C=N–C) groups is 1. The van der Waals surface area contributed by atoms with Gasteiger partial charge < -0.3 is 9.09 Å². The second-order valence-corrected chi connectivity index (χ2v) is 8.40. The van der Waals surface area contributed by atoms with Crippen LogP contribution < -0.4 is 0 Å². The smallest absolute Gasteiger partial charge is 0.271 e. The highest BCUT2D eigenvalue weighted by Crippen LogP contribution is 2.32. The number of carbonyl (C=O) groups excluding carboxylic acids is 1. The van der Waals surface area contributed by atoms with E-state index in [1.165, 1.54) is 12.1 Å². The number of aryl methyl sites for hydroxylation is 1. The molecular weight excluding hydrogens is 435 g/mol. The van der Waals surface area contributed by atoms with Gasteiger partial charge in [-0.15, -0.1) is 0 Å². The minimum absolute atomic E-state index is 0.259. The van der Waals surface area contributed by atoms with Gasteiger partial charge in [-0.3, -0.25) is 9.80 Å². The molecule has 1 fully saturated rings. The lowest BCUT2D eigenvalue weighted by atomic mass is 10.0. The molecule has 1 amide bonds. The number of hydrazine groups is 1. The van der Waals surface area contributed by atoms with Crippen molar-refractivity contribution < 1.29 is 13.7 Å². The van der Waals surface area contributed by atoms with E-state index in [2.05, 4.69) is 15.1 Å². The van der Waals surface area contributed by atoms with Gasteiger partial charge >= 0.3 is 0 Å². The fourth-order valence-electron chi connectivity index (χ4n) is 4.62. The van der Waals surface area contributed by atoms with Crippen molar-refractivity contribution in [2.45, 2.75) is 19.4 Å². The van der Waals surface area contributed by atoms with E-state index in [0.717, 1.165) is 47.4 Å². The van der Waals surface area contributed by atoms with E-state index in [1.54, 1.807) is 24.7 Å². The Kier molecular flexibility index (Phi) is 4.84. The van der Waals surface area contributed by atoms with Gasteiger partial charge in [-0.05, 0) is 48.7 Å². The fraction of sp³-hybridized carbons (Fsp3) is 0.200. The van der Waals surface area contributed by atoms with Crippen LogP contribution in [0.4, 0.5) is 4.39 Å². The summed E-state index contributed by atoms with van der Waals surface area (Å²) >= 11 is 0. The molecule has 0 aliphatic carbocycles. The predicted molar refractivity (Wildman–Crippen MR) is 125 cm³/mol. The molecule has 9 heteroatoms. The summed E-state index contributed by atoms with van der Waals surface area (Å²) in [5.41, 5.74) is 4.05. The maximum Gasteiger partial charge on any atom is 0.271 e. The SMILES string of the molecule is Cc1cn(-c2ccc(C=CC3=NC(=O)C(c4ccc(F)cc4)N4CCCN34)c3cnoc23)cn1. The van der Waals surface area contributed by atoms with Gasteiger partial charge in [0.05, 0.1) is 29.3 Å². The zero-order chi connectivity index (χ0) is 23.2. The normalized spacial score (nSPS) is 18.8. The maximum absolute atomic E-state index is 13.4. The molecule has 2 aromatic heterocycles. The molecule has 1 saturated heterocycles. The van der Waals surface area contributed by atoms with Gasteiger partial charge in [-0.25, -0.2) is 14.4 Å². The molecule has 2 aliphatic rings. The van der Waals surface area contributed by atoms with Crippen LogP contribution in [0, 0.1) is 12.7 Å². The molecule has 0 spiro atoms. The van der Waals surface area contributed by atoms with Crippen molar-refractivity contribution in [3.05, 3.63) is 83.8 Å². The number of halogens is 1. The van der Waals surface area contributed by atoms with Gasteiger partial charge in [0, 0.05) is 19.3 Å². The summed E-state index contributed by atoms with van der Waals surface area (Å²) < 4.78 is 20.8. The van der Waals surface area contributed by atoms with E-state index in [4.69, 9.17) is 4.52 Å². The molecule has 0 bridgehead atoms. The molecule has 0 radical (unpaired) electrons. The van der Waals surface area contributed by atoms with Gasteiger partial charge in [0.15, 0.2) is 5.58 Å². The Hall–Kier alpha value is -4.11. The van der Waals surface area contributed by atoms with E-state index < -0.39 is 6.04 Å². The van der Waals surface area contributed by atoms with E-state index in [0.29, 0.717) is 11.4 Å². The molecule has 0 saturated carbocycles. The zero-order valence-corrected chi connectivity index (χ0v) is 18.4. The zero-order valence-electron chi connectivity index (χ0n) is 18.4. The third-order valence-electron chi connectivity index (χ3n) is 6.21. The molecule has 4 aromatic rings. The summed E-state index contributed by atoms with van der Waals surface area (Å²) in [6.07, 6.45) is 10.0. The van der Waals surface area contributed by atoms with Gasteiger partial charge in [-0.2, -0.15) is 4.99 Å². The third kappa shape index (κ3) is 3.41. The number of rotatable bonds is 4. The monoisotopic (exact) mass is 456 g/mol. The highest BCUT2D eigenvalue weighted by Gasteiger charge is 2.39. The third-order valence-corrected chi connectivity index (χ3v) is 6.21. The van der Waals surface area contributed by atoms with Crippen molar-refractivity contribution in [3.63, 3.8) is 0 Å². The van der Waals surface area contributed by atoms with E-state index in [-0.39, 0.29) is 11.7 Å². The van der Waals surface area contributed by atoms with Crippen LogP contribution in [0.2, 0.25) is 0 Å². The van der Waals surface area contributed by atoms with Gasteiger partial charge in [0.25, 0.3) is 5.91 Å². The van der Waals surface area contributed by atoms with Gasteiger partial charge in [0.1, 0.15) is 17.7 Å². The van der Waals surface area contributed by atoms with Crippen molar-refractivity contribution in [3.8, 4) is 5.69 Å². The summed E-state index contributed by atoms with van der Waals surface area (Å²) in [6, 6.07) is 9.45. The second-order valence-electron chi connectivity index (χ2n) is 8.40. The lowest BCUT2D eigenvalue weighted by Gasteiger charge is -2.38. The molecule has 34 heavy (non-hydrogen) atoms. The van der Waals surface area contributed by atoms with Crippen LogP contribution in [-0.2, 0) is 4.79 Å². The first-order chi connectivity index (χ1) is 16.6. The minimum Gasteiger partial charge on any atom is -0.354 e. The van der Waals surface area contributed by atoms with Crippen LogP contribution in [0.1, 0.15) is 29.3 Å². The largest absolute Gasteiger partial charge is 0.354 e. The number of amidine groups is 1. The van der Waals surface area contributed by atoms with Gasteiger partial charge in [-0.1, -0.05) is 29.4 Å². The number of fused-ring (bicyclic) bond motifs is 2. The minimum atomic E-state index is -0.539. The molecule has 4 heterocycles. The summed E-state index contributed by atoms with van der Waals surface area (Å²) in [5, 5.41) is 8.89. The van der Waals surface area contributed by atoms with Crippen LogP contribution in [0.3, 0.4) is 0 Å². The Morgan fingerprint density at radius 3 is 2.76 bits per heavy atom. The van der Waals surface area contributed by atoms with E-state index in [9.17, 15) is 9.18 Å². The number of amides is 1. The average molecular weight is 456 g/mol. The number of benzene rings is 2. The highest BCUT2D eigenvalue weighted by molar-refractivity contribution is 6.07. The summed E-state index contributed by atoms with van der Waals surface area (Å²) in [6.45, 7) is 3.42. The number of nitrogens with zero attached hydrogens (tertiary/aromatic N) is 6. The van der Waals surface area contributed by atoms with Crippen molar-refractivity contribution in [2.24, 2.45) is 4.99 Å². The van der Waals surface area contributed by atoms with Crippen molar-refractivity contribution in [2.75, 3.05) is 13.1 Å². The van der Waals surface area contributed by atoms with Crippen LogP contribution in [0.15, 0.2) is 70.7 Å². The molecular formula is C25H21FN6O2. The summed E-state index contributed by atoms with van der Waals surface area (Å²) in [4.78, 5) is 21.7. The Balaban J connectivity index is 1.33. The lowest BCUT2D eigenvalue weighted by molar-refractivity contribution is -0.129. The van der Waals surface area contributed by atoms with Crippen LogP contribution in [0.25, 0.3) is 22.7 Å². The van der Waals surface area contributed by atoms with Crippen LogP contribution in [0.5, 0.6) is 0 Å². The first-order valence-electron chi connectivity index (χ1n) is 11.1. The average Bonchev–Trinajstić information content (AvgIpc) is 3.59. The van der Waals surface area contributed by atoms with E-state index in [1.807, 2.05) is 52.0 Å². The number of hydrogen-bond acceptors (Lipinski definition) is 6. The number of carbonyl (C=O) groups is 1. The van der Waals surface area contributed by atoms with Gasteiger partial charge in [0.2, 0.25) is 0 Å². The number of hydrogen-bond donors (Lipinski definition) is 0. The maximum atomic E-state index is 13.4.